The summed E-state index contributed by atoms with van der Waals surface area (Å²) in [5.74, 6) is 2.32. The van der Waals surface area contributed by atoms with Crippen molar-refractivity contribution in [3.8, 4) is 0 Å². The average Bonchev–Trinajstić information content (AvgIpc) is 2.55. The number of piperazine rings is 1. The van der Waals surface area contributed by atoms with Crippen molar-refractivity contribution >= 4 is 27.9 Å². The topological polar surface area (TPSA) is 49.9 Å². The highest BCUT2D eigenvalue weighted by molar-refractivity contribution is 9.08. The van der Waals surface area contributed by atoms with Crippen molar-refractivity contribution in [1.82, 2.24) is 9.80 Å². The molecule has 2 amide bonds. The van der Waals surface area contributed by atoms with E-state index in [1.54, 1.807) is 4.90 Å². The van der Waals surface area contributed by atoms with Gasteiger partial charge in [-0.1, -0.05) is 35.2 Å². The molecule has 1 saturated heterocycles. The third-order valence-electron chi connectivity index (χ3n) is 4.20. The Morgan fingerprint density at radius 2 is 1.39 bits per heavy atom. The number of carbonyl (C=O) groups excluding carboxylic acids is 2. The smallest absolute Gasteiger partial charge is 0.410 e. The summed E-state index contributed by atoms with van der Waals surface area (Å²) in [7, 11) is 0. The maximum absolute atomic E-state index is 12.4. The van der Waals surface area contributed by atoms with E-state index in [-0.39, 0.29) is 12.0 Å². The number of alkyl halides is 1. The Hall–Kier alpha value is -0.780. The van der Waals surface area contributed by atoms with Crippen LogP contribution in [-0.2, 0) is 9.53 Å². The van der Waals surface area contributed by atoms with Crippen LogP contribution in [0.4, 0.5) is 4.79 Å². The maximum atomic E-state index is 12.4. The van der Waals surface area contributed by atoms with E-state index in [1.807, 2.05) is 31.5 Å². The Balaban J connectivity index is 0.00000127. The van der Waals surface area contributed by atoms with Crippen LogP contribution in [0.5, 0.6) is 0 Å². The zero-order chi connectivity index (χ0) is 17.5. The van der Waals surface area contributed by atoms with Gasteiger partial charge in [0.15, 0.2) is 0 Å². The monoisotopic (exact) mass is 390 g/mol. The molecule has 0 aromatic heterocycles. The molecule has 0 spiro atoms. The molecule has 0 N–H and O–H groups in total. The Kier molecular flexibility index (Phi) is 8.37. The van der Waals surface area contributed by atoms with E-state index in [9.17, 15) is 9.59 Å². The number of nitrogens with zero attached hydrogens (tertiary/aromatic N) is 2. The first-order chi connectivity index (χ1) is 10.9. The second-order valence-electron chi connectivity index (χ2n) is 7.13. The molecular weight excluding hydrogens is 360 g/mol. The third kappa shape index (κ3) is 6.69. The lowest BCUT2D eigenvalue weighted by Gasteiger charge is -2.37. The molecule has 0 radical (unpaired) electrons. The number of ether oxygens (including phenoxy) is 1. The van der Waals surface area contributed by atoms with Crippen molar-refractivity contribution in [2.75, 3.05) is 32.0 Å². The number of hydrogen-bond acceptors (Lipinski definition) is 3. The van der Waals surface area contributed by atoms with E-state index in [4.69, 9.17) is 4.74 Å². The molecule has 0 bridgehead atoms. The van der Waals surface area contributed by atoms with Gasteiger partial charge in [-0.2, -0.15) is 0 Å². The molecule has 0 aromatic rings. The number of amides is 2. The molecule has 1 saturated carbocycles. The molecule has 23 heavy (non-hydrogen) atoms. The minimum absolute atomic E-state index is 0.215. The predicted octanol–water partition coefficient (Wildman–Crippen LogP) is 3.66. The van der Waals surface area contributed by atoms with E-state index in [0.29, 0.717) is 32.1 Å². The summed E-state index contributed by atoms with van der Waals surface area (Å²) < 4.78 is 5.37. The summed E-state index contributed by atoms with van der Waals surface area (Å²) >= 11 is 2.94. The molecule has 1 aliphatic carbocycles. The fourth-order valence-electron chi connectivity index (χ4n) is 3.04. The summed E-state index contributed by atoms with van der Waals surface area (Å²) in [5, 5.41) is 0. The Morgan fingerprint density at radius 1 is 0.913 bits per heavy atom. The first-order valence-electron chi connectivity index (χ1n) is 8.51. The largest absolute Gasteiger partial charge is 0.444 e. The number of carbonyl (C=O) groups is 2. The summed E-state index contributed by atoms with van der Waals surface area (Å²) in [4.78, 5) is 28.1. The van der Waals surface area contributed by atoms with Crippen LogP contribution in [0.2, 0.25) is 0 Å². The molecule has 0 atom stereocenters. The van der Waals surface area contributed by atoms with Gasteiger partial charge < -0.3 is 14.5 Å². The lowest BCUT2D eigenvalue weighted by Crippen LogP contribution is -2.52. The van der Waals surface area contributed by atoms with Crippen molar-refractivity contribution in [1.29, 1.82) is 0 Å². The van der Waals surface area contributed by atoms with Crippen molar-refractivity contribution < 1.29 is 14.3 Å². The van der Waals surface area contributed by atoms with Gasteiger partial charge in [-0.25, -0.2) is 4.79 Å². The zero-order valence-electron chi connectivity index (χ0n) is 14.9. The first kappa shape index (κ1) is 20.3. The van der Waals surface area contributed by atoms with Crippen molar-refractivity contribution in [2.45, 2.75) is 58.5 Å². The SMILES string of the molecule is CBr.CC(C)(C)OC(=O)N1CCN(C(=O)C2CCCCC2)CC1. The normalized spacial score (nSPS) is 19.7. The molecular formula is C17H31BrN2O3. The van der Waals surface area contributed by atoms with E-state index < -0.39 is 5.60 Å². The molecule has 2 rings (SSSR count). The fraction of sp³-hybridized carbons (Fsp3) is 0.882. The highest BCUT2D eigenvalue weighted by atomic mass is 79.9. The van der Waals surface area contributed by atoms with Crippen LogP contribution < -0.4 is 0 Å². The average molecular weight is 391 g/mol. The number of hydrogen-bond donors (Lipinski definition) is 0. The lowest BCUT2D eigenvalue weighted by atomic mass is 9.88. The fourth-order valence-corrected chi connectivity index (χ4v) is 3.04. The molecule has 0 aromatic carbocycles. The van der Waals surface area contributed by atoms with E-state index >= 15 is 0 Å². The van der Waals surface area contributed by atoms with Gasteiger partial charge >= 0.3 is 6.09 Å². The Morgan fingerprint density at radius 3 is 1.87 bits per heavy atom. The molecule has 0 unspecified atom stereocenters. The summed E-state index contributed by atoms with van der Waals surface area (Å²) in [5.41, 5.74) is -0.466. The van der Waals surface area contributed by atoms with Crippen LogP contribution in [0.15, 0.2) is 0 Å². The van der Waals surface area contributed by atoms with E-state index in [0.717, 1.165) is 12.8 Å². The molecule has 1 aliphatic heterocycles. The minimum Gasteiger partial charge on any atom is -0.444 e. The van der Waals surface area contributed by atoms with E-state index in [1.165, 1.54) is 19.3 Å². The highest BCUT2D eigenvalue weighted by Crippen LogP contribution is 2.26. The van der Waals surface area contributed by atoms with Gasteiger partial charge in [0, 0.05) is 32.1 Å². The number of halogens is 1. The van der Waals surface area contributed by atoms with Crippen LogP contribution in [0.1, 0.15) is 52.9 Å². The second-order valence-corrected chi connectivity index (χ2v) is 7.13. The van der Waals surface area contributed by atoms with Crippen molar-refractivity contribution in [3.63, 3.8) is 0 Å². The van der Waals surface area contributed by atoms with Crippen molar-refractivity contribution in [3.05, 3.63) is 0 Å². The summed E-state index contributed by atoms with van der Waals surface area (Å²) in [6.45, 7) is 8.03. The number of rotatable bonds is 1. The molecule has 5 nitrogen and oxygen atoms in total. The van der Waals surface area contributed by atoms with E-state index in [2.05, 4.69) is 15.9 Å². The zero-order valence-corrected chi connectivity index (χ0v) is 16.5. The van der Waals surface area contributed by atoms with Gasteiger partial charge in [0.1, 0.15) is 5.60 Å². The summed E-state index contributed by atoms with van der Waals surface area (Å²) in [6, 6.07) is 0. The standard InChI is InChI=1S/C16H28N2O3.CH3Br/c1-16(2,3)21-15(20)18-11-9-17(10-12-18)14(19)13-7-5-4-6-8-13;1-2/h13H,4-12H2,1-3H3;1H3. The Labute approximate surface area is 148 Å². The first-order valence-corrected chi connectivity index (χ1v) is 10.1. The van der Waals surface area contributed by atoms with Gasteiger partial charge in [0.25, 0.3) is 0 Å². The summed E-state index contributed by atoms with van der Waals surface area (Å²) in [6.07, 6.45) is 5.40. The molecule has 2 fully saturated rings. The van der Waals surface area contributed by atoms with Gasteiger partial charge in [0.05, 0.1) is 0 Å². The maximum Gasteiger partial charge on any atom is 0.410 e. The molecule has 1 heterocycles. The van der Waals surface area contributed by atoms with Crippen LogP contribution in [-0.4, -0.2) is 59.4 Å². The lowest BCUT2D eigenvalue weighted by molar-refractivity contribution is -0.138. The molecule has 134 valence electrons. The second kappa shape index (κ2) is 9.50. The van der Waals surface area contributed by atoms with Crippen LogP contribution in [0.3, 0.4) is 0 Å². The highest BCUT2D eigenvalue weighted by Gasteiger charge is 2.31. The molecule has 6 heteroatoms. The Bertz CT molecular complexity index is 382. The minimum atomic E-state index is -0.466. The van der Waals surface area contributed by atoms with Gasteiger partial charge in [-0.3, -0.25) is 4.79 Å². The quantitative estimate of drug-likeness (QED) is 0.641. The van der Waals surface area contributed by atoms with Crippen LogP contribution >= 0.6 is 15.9 Å². The van der Waals surface area contributed by atoms with Gasteiger partial charge in [-0.05, 0) is 39.4 Å². The third-order valence-corrected chi connectivity index (χ3v) is 4.20. The van der Waals surface area contributed by atoms with Gasteiger partial charge in [0.2, 0.25) is 5.91 Å². The predicted molar refractivity (Wildman–Crippen MR) is 95.8 cm³/mol. The van der Waals surface area contributed by atoms with Gasteiger partial charge in [-0.15, -0.1) is 0 Å². The molecule has 2 aliphatic rings. The van der Waals surface area contributed by atoms with Crippen molar-refractivity contribution in [2.24, 2.45) is 5.92 Å². The van der Waals surface area contributed by atoms with Crippen LogP contribution in [0.25, 0.3) is 0 Å². The van der Waals surface area contributed by atoms with Crippen LogP contribution in [0, 0.1) is 5.92 Å².